The fourth-order valence-electron chi connectivity index (χ4n) is 3.16. The van der Waals surface area contributed by atoms with Crippen LogP contribution in [-0.2, 0) is 0 Å². The van der Waals surface area contributed by atoms with E-state index in [0.717, 1.165) is 13.1 Å². The first kappa shape index (κ1) is 12.5. The molecule has 3 rings (SSSR count). The zero-order valence-corrected chi connectivity index (χ0v) is 12.0. The molecule has 1 heterocycles. The van der Waals surface area contributed by atoms with Crippen LogP contribution < -0.4 is 0 Å². The van der Waals surface area contributed by atoms with Crippen molar-refractivity contribution in [1.82, 2.24) is 4.90 Å². The molecule has 0 amide bonds. The summed E-state index contributed by atoms with van der Waals surface area (Å²) in [7, 11) is 0. The molecule has 2 nitrogen and oxygen atoms in total. The second kappa shape index (κ2) is 5.20. The zero-order valence-electron chi connectivity index (χ0n) is 12.0. The molecule has 0 aromatic rings. The van der Waals surface area contributed by atoms with Crippen molar-refractivity contribution in [3.63, 3.8) is 0 Å². The van der Waals surface area contributed by atoms with E-state index in [9.17, 15) is 0 Å². The van der Waals surface area contributed by atoms with E-state index in [4.69, 9.17) is 0 Å². The van der Waals surface area contributed by atoms with Crippen LogP contribution in [0.2, 0.25) is 0 Å². The van der Waals surface area contributed by atoms with Crippen LogP contribution >= 0.6 is 0 Å². The van der Waals surface area contributed by atoms with Crippen molar-refractivity contribution in [2.24, 2.45) is 5.92 Å². The van der Waals surface area contributed by atoms with E-state index in [2.05, 4.69) is 60.0 Å². The SMILES string of the molecule is CC1=C([N+]2=CN(C3=CC=CCC3C)CC2)CCC=C1. The minimum absolute atomic E-state index is 0.641. The van der Waals surface area contributed by atoms with E-state index in [1.54, 1.807) is 0 Å². The normalized spacial score (nSPS) is 26.8. The predicted octanol–water partition coefficient (Wildman–Crippen LogP) is 3.45. The van der Waals surface area contributed by atoms with Gasteiger partial charge in [0.05, 0.1) is 0 Å². The molecule has 2 heteroatoms. The van der Waals surface area contributed by atoms with Gasteiger partial charge in [-0.25, -0.2) is 9.48 Å². The Kier molecular flexibility index (Phi) is 3.41. The van der Waals surface area contributed by atoms with E-state index >= 15 is 0 Å². The quantitative estimate of drug-likeness (QED) is 0.685. The third kappa shape index (κ3) is 2.44. The minimum atomic E-state index is 0.641. The van der Waals surface area contributed by atoms with Gasteiger partial charge in [0.15, 0.2) is 0 Å². The van der Waals surface area contributed by atoms with Gasteiger partial charge in [0.2, 0.25) is 6.34 Å². The van der Waals surface area contributed by atoms with Crippen molar-refractivity contribution in [3.8, 4) is 0 Å². The van der Waals surface area contributed by atoms with Gasteiger partial charge in [-0.15, -0.1) is 0 Å². The van der Waals surface area contributed by atoms with Crippen molar-refractivity contribution < 1.29 is 4.58 Å². The summed E-state index contributed by atoms with van der Waals surface area (Å²) in [4.78, 5) is 2.44. The summed E-state index contributed by atoms with van der Waals surface area (Å²) >= 11 is 0. The minimum Gasteiger partial charge on any atom is -0.233 e. The zero-order chi connectivity index (χ0) is 13.2. The Morgan fingerprint density at radius 1 is 1.32 bits per heavy atom. The van der Waals surface area contributed by atoms with Gasteiger partial charge in [-0.2, -0.15) is 0 Å². The number of allylic oxidation sites excluding steroid dienone is 8. The van der Waals surface area contributed by atoms with Crippen molar-refractivity contribution in [3.05, 3.63) is 47.3 Å². The highest BCUT2D eigenvalue weighted by atomic mass is 15.3. The Morgan fingerprint density at radius 2 is 2.21 bits per heavy atom. The molecule has 0 saturated heterocycles. The molecular formula is C17H23N2+. The monoisotopic (exact) mass is 255 g/mol. The van der Waals surface area contributed by atoms with Crippen molar-refractivity contribution >= 4 is 6.34 Å². The van der Waals surface area contributed by atoms with E-state index in [-0.39, 0.29) is 0 Å². The average Bonchev–Trinajstić information content (AvgIpc) is 2.89. The Hall–Kier alpha value is -1.57. The van der Waals surface area contributed by atoms with E-state index < -0.39 is 0 Å². The average molecular weight is 255 g/mol. The van der Waals surface area contributed by atoms with Crippen LogP contribution in [0.3, 0.4) is 0 Å². The fourth-order valence-corrected chi connectivity index (χ4v) is 3.16. The number of hydrogen-bond acceptors (Lipinski definition) is 1. The molecule has 3 aliphatic rings. The molecule has 0 aromatic carbocycles. The smallest absolute Gasteiger partial charge is 0.233 e. The van der Waals surface area contributed by atoms with Crippen molar-refractivity contribution in [2.45, 2.75) is 33.1 Å². The van der Waals surface area contributed by atoms with Gasteiger partial charge in [-0.1, -0.05) is 31.2 Å². The van der Waals surface area contributed by atoms with Crippen LogP contribution in [0, 0.1) is 5.92 Å². The van der Waals surface area contributed by atoms with Crippen LogP contribution in [-0.4, -0.2) is 28.9 Å². The van der Waals surface area contributed by atoms with Gasteiger partial charge in [0.25, 0.3) is 0 Å². The predicted molar refractivity (Wildman–Crippen MR) is 80.0 cm³/mol. The molecule has 1 atom stereocenters. The summed E-state index contributed by atoms with van der Waals surface area (Å²) in [6, 6.07) is 0. The van der Waals surface area contributed by atoms with Crippen LogP contribution in [0.15, 0.2) is 47.3 Å². The summed E-state index contributed by atoms with van der Waals surface area (Å²) in [6.45, 7) is 6.78. The lowest BCUT2D eigenvalue weighted by Crippen LogP contribution is -2.24. The molecular weight excluding hydrogens is 232 g/mol. The Balaban J connectivity index is 1.83. The van der Waals surface area contributed by atoms with E-state index in [0.29, 0.717) is 5.92 Å². The number of nitrogens with zero attached hydrogens (tertiary/aromatic N) is 2. The molecule has 2 aliphatic carbocycles. The number of rotatable bonds is 2. The highest BCUT2D eigenvalue weighted by Gasteiger charge is 2.29. The summed E-state index contributed by atoms with van der Waals surface area (Å²) < 4.78 is 2.45. The van der Waals surface area contributed by atoms with Gasteiger partial charge >= 0.3 is 0 Å². The van der Waals surface area contributed by atoms with Gasteiger partial charge in [0.1, 0.15) is 24.5 Å². The first-order chi connectivity index (χ1) is 9.25. The maximum atomic E-state index is 2.45. The molecule has 1 aliphatic heterocycles. The maximum absolute atomic E-state index is 2.45. The second-order valence-electron chi connectivity index (χ2n) is 5.73. The summed E-state index contributed by atoms with van der Waals surface area (Å²) in [5.74, 6) is 0.641. The van der Waals surface area contributed by atoms with Gasteiger partial charge in [-0.3, -0.25) is 0 Å². The van der Waals surface area contributed by atoms with Crippen LogP contribution in [0.4, 0.5) is 0 Å². The summed E-state index contributed by atoms with van der Waals surface area (Å²) in [5.41, 5.74) is 4.40. The number of hydrogen-bond donors (Lipinski definition) is 0. The second-order valence-corrected chi connectivity index (χ2v) is 5.73. The van der Waals surface area contributed by atoms with Gasteiger partial charge in [0, 0.05) is 12.3 Å². The van der Waals surface area contributed by atoms with Crippen LogP contribution in [0.25, 0.3) is 0 Å². The lowest BCUT2D eigenvalue weighted by molar-refractivity contribution is -0.465. The van der Waals surface area contributed by atoms with Crippen LogP contribution in [0.5, 0.6) is 0 Å². The maximum Gasteiger partial charge on any atom is 0.244 e. The van der Waals surface area contributed by atoms with Gasteiger partial charge in [-0.05, 0) is 31.4 Å². The third-order valence-corrected chi connectivity index (χ3v) is 4.31. The van der Waals surface area contributed by atoms with Crippen molar-refractivity contribution in [2.75, 3.05) is 13.1 Å². The van der Waals surface area contributed by atoms with E-state index in [1.165, 1.54) is 36.2 Å². The summed E-state index contributed by atoms with van der Waals surface area (Å²) in [5, 5.41) is 0. The van der Waals surface area contributed by atoms with Crippen molar-refractivity contribution in [1.29, 1.82) is 0 Å². The lowest BCUT2D eigenvalue weighted by Gasteiger charge is -2.19. The topological polar surface area (TPSA) is 6.25 Å². The molecule has 0 aromatic heterocycles. The Morgan fingerprint density at radius 3 is 3.00 bits per heavy atom. The summed E-state index contributed by atoms with van der Waals surface area (Å²) in [6.07, 6.45) is 17.1. The highest BCUT2D eigenvalue weighted by Crippen LogP contribution is 2.26. The molecule has 0 spiro atoms. The first-order valence-electron chi connectivity index (χ1n) is 7.37. The first-order valence-corrected chi connectivity index (χ1v) is 7.37. The molecule has 1 unspecified atom stereocenters. The van der Waals surface area contributed by atoms with Gasteiger partial charge < -0.3 is 0 Å². The highest BCUT2D eigenvalue weighted by molar-refractivity contribution is 5.56. The molecule has 0 radical (unpaired) electrons. The molecule has 19 heavy (non-hydrogen) atoms. The Labute approximate surface area is 116 Å². The lowest BCUT2D eigenvalue weighted by atomic mass is 9.98. The third-order valence-electron chi connectivity index (χ3n) is 4.31. The largest absolute Gasteiger partial charge is 0.244 e. The molecule has 0 bridgehead atoms. The standard InChI is InChI=1S/C17H23N2/c1-14-7-3-5-9-16(14)18-11-12-19(13-18)17-10-6-4-8-15(17)2/h3-5,8-9,13-14H,6-7,10-12H2,1-2H3/q+1. The molecule has 0 N–H and O–H groups in total. The molecule has 0 saturated carbocycles. The fraction of sp³-hybridized carbons (Fsp3) is 0.471. The molecule has 100 valence electrons. The van der Waals surface area contributed by atoms with E-state index in [1.807, 2.05) is 0 Å². The van der Waals surface area contributed by atoms with Crippen LogP contribution in [0.1, 0.15) is 33.1 Å². The Bertz CT molecular complexity index is 517. The molecule has 0 fully saturated rings.